The molecule has 1 aliphatic heterocycles. The van der Waals surface area contributed by atoms with Crippen LogP contribution in [0.3, 0.4) is 0 Å². The zero-order chi connectivity index (χ0) is 16.4. The molecular formula is C18H30F2O3. The van der Waals surface area contributed by atoms with Crippen molar-refractivity contribution in [3.8, 4) is 0 Å². The molecule has 5 heteroatoms. The van der Waals surface area contributed by atoms with Gasteiger partial charge in [0.2, 0.25) is 0 Å². The summed E-state index contributed by atoms with van der Waals surface area (Å²) in [6, 6.07) is 0. The van der Waals surface area contributed by atoms with Gasteiger partial charge in [-0.1, -0.05) is 13.3 Å². The zero-order valence-electron chi connectivity index (χ0n) is 14.3. The molecule has 8 atom stereocenters. The number of halogens is 2. The van der Waals surface area contributed by atoms with Crippen LogP contribution in [0.4, 0.5) is 8.78 Å². The predicted molar refractivity (Wildman–Crippen MR) is 84.0 cm³/mol. The van der Waals surface area contributed by atoms with Crippen molar-refractivity contribution in [3.63, 3.8) is 0 Å². The molecular weight excluding hydrogens is 302 g/mol. The molecule has 0 N–H and O–H groups in total. The van der Waals surface area contributed by atoms with Crippen LogP contribution in [0.5, 0.6) is 0 Å². The van der Waals surface area contributed by atoms with Gasteiger partial charge in [-0.2, -0.15) is 0 Å². The summed E-state index contributed by atoms with van der Waals surface area (Å²) >= 11 is 0. The van der Waals surface area contributed by atoms with Crippen LogP contribution in [0.25, 0.3) is 0 Å². The van der Waals surface area contributed by atoms with Crippen molar-refractivity contribution in [1.82, 2.24) is 0 Å². The average molecular weight is 332 g/mol. The third-order valence-electron chi connectivity index (χ3n) is 5.83. The third-order valence-corrected chi connectivity index (χ3v) is 5.83. The molecule has 2 aliphatic carbocycles. The van der Waals surface area contributed by atoms with Gasteiger partial charge >= 0.3 is 0 Å². The van der Waals surface area contributed by atoms with Crippen molar-refractivity contribution in [1.29, 1.82) is 0 Å². The molecule has 3 rings (SSSR count). The lowest BCUT2D eigenvalue weighted by molar-refractivity contribution is -0.132. The number of alkyl halides is 2. The van der Waals surface area contributed by atoms with Gasteiger partial charge in [-0.3, -0.25) is 0 Å². The van der Waals surface area contributed by atoms with E-state index in [2.05, 4.69) is 6.92 Å². The molecule has 1 saturated heterocycles. The predicted octanol–water partition coefficient (Wildman–Crippen LogP) is 3.84. The smallest absolute Gasteiger partial charge is 0.152 e. The lowest BCUT2D eigenvalue weighted by atomic mass is 9.71. The van der Waals surface area contributed by atoms with Crippen LogP contribution in [0, 0.1) is 11.8 Å². The van der Waals surface area contributed by atoms with E-state index in [-0.39, 0.29) is 17.9 Å². The van der Waals surface area contributed by atoms with Crippen molar-refractivity contribution in [2.45, 2.75) is 89.1 Å². The summed E-state index contributed by atoms with van der Waals surface area (Å²) in [6.45, 7) is 5.08. The molecule has 0 spiro atoms. The first-order chi connectivity index (χ1) is 11.2. The fraction of sp³-hybridized carbons (Fsp3) is 1.00. The summed E-state index contributed by atoms with van der Waals surface area (Å²) in [5.74, 6) is 0.281. The number of rotatable bonds is 6. The number of hydrogen-bond donors (Lipinski definition) is 0. The van der Waals surface area contributed by atoms with E-state index in [0.717, 1.165) is 38.5 Å². The normalized spacial score (nSPS) is 46.4. The number of fused-ring (bicyclic) bond motifs is 3. The van der Waals surface area contributed by atoms with E-state index < -0.39 is 30.7 Å². The van der Waals surface area contributed by atoms with Crippen LogP contribution in [0.2, 0.25) is 0 Å². The number of hydrogen-bond acceptors (Lipinski definition) is 3. The second-order valence-electron chi connectivity index (χ2n) is 7.19. The summed E-state index contributed by atoms with van der Waals surface area (Å²) in [7, 11) is 0. The van der Waals surface area contributed by atoms with E-state index in [1.54, 1.807) is 0 Å². The fourth-order valence-electron chi connectivity index (χ4n) is 4.65. The Balaban J connectivity index is 1.62. The number of unbranched alkanes of at least 4 members (excludes halogenated alkanes) is 1. The van der Waals surface area contributed by atoms with Crippen LogP contribution in [0.15, 0.2) is 0 Å². The Morgan fingerprint density at radius 2 is 1.43 bits per heavy atom. The lowest BCUT2D eigenvalue weighted by Crippen LogP contribution is -2.45. The highest BCUT2D eigenvalue weighted by Crippen LogP contribution is 2.49. The monoisotopic (exact) mass is 332 g/mol. The lowest BCUT2D eigenvalue weighted by Gasteiger charge is -2.37. The average Bonchev–Trinajstić information content (AvgIpc) is 2.93. The molecule has 23 heavy (non-hydrogen) atoms. The molecule has 8 unspecified atom stereocenters. The SMILES string of the molecule is CCCCOC1CCC2C3CCC(OCC)C(F)C3OC2C1F. The van der Waals surface area contributed by atoms with E-state index in [9.17, 15) is 8.78 Å². The molecule has 0 aromatic heterocycles. The highest BCUT2D eigenvalue weighted by molar-refractivity contribution is 5.04. The largest absolute Gasteiger partial charge is 0.375 e. The molecule has 0 aromatic rings. The van der Waals surface area contributed by atoms with Crippen molar-refractivity contribution < 1.29 is 23.0 Å². The highest BCUT2D eigenvalue weighted by atomic mass is 19.1. The molecule has 0 radical (unpaired) electrons. The highest BCUT2D eigenvalue weighted by Gasteiger charge is 2.57. The Labute approximate surface area is 138 Å². The first-order valence-electron chi connectivity index (χ1n) is 9.34. The van der Waals surface area contributed by atoms with Crippen molar-refractivity contribution >= 4 is 0 Å². The minimum atomic E-state index is -1.13. The molecule has 0 amide bonds. The van der Waals surface area contributed by atoms with Gasteiger partial charge < -0.3 is 14.2 Å². The van der Waals surface area contributed by atoms with Gasteiger partial charge in [-0.05, 0) is 50.9 Å². The maximum absolute atomic E-state index is 14.8. The minimum Gasteiger partial charge on any atom is -0.375 e. The summed E-state index contributed by atoms with van der Waals surface area (Å²) < 4.78 is 46.6. The third kappa shape index (κ3) is 3.42. The standard InChI is InChI=1S/C18H30F2O3/c1-3-5-10-22-14-9-7-12-11-6-8-13(21-4-2)15(19)17(11)23-18(12)16(14)20/h11-18H,3-10H2,1-2H3. The maximum Gasteiger partial charge on any atom is 0.152 e. The summed E-state index contributed by atoms with van der Waals surface area (Å²) in [5.41, 5.74) is 0. The van der Waals surface area contributed by atoms with E-state index in [1.807, 2.05) is 6.92 Å². The van der Waals surface area contributed by atoms with Crippen molar-refractivity contribution in [3.05, 3.63) is 0 Å². The molecule has 3 fully saturated rings. The Kier molecular flexibility index (Phi) is 5.92. The van der Waals surface area contributed by atoms with Crippen LogP contribution in [-0.4, -0.2) is 50.0 Å². The Morgan fingerprint density at radius 1 is 0.870 bits per heavy atom. The van der Waals surface area contributed by atoms with E-state index in [1.165, 1.54) is 0 Å². The molecule has 1 heterocycles. The van der Waals surface area contributed by atoms with Gasteiger partial charge in [0.1, 0.15) is 0 Å². The Bertz CT molecular complexity index is 381. The molecule has 3 nitrogen and oxygen atoms in total. The quantitative estimate of drug-likeness (QED) is 0.692. The summed E-state index contributed by atoms with van der Waals surface area (Å²) in [4.78, 5) is 0. The van der Waals surface area contributed by atoms with Crippen molar-refractivity contribution in [2.24, 2.45) is 11.8 Å². The molecule has 0 bridgehead atoms. The second kappa shape index (κ2) is 7.75. The first-order valence-corrected chi connectivity index (χ1v) is 9.34. The molecule has 3 aliphatic rings. The van der Waals surface area contributed by atoms with Gasteiger partial charge in [-0.25, -0.2) is 8.78 Å². The van der Waals surface area contributed by atoms with E-state index >= 15 is 0 Å². The van der Waals surface area contributed by atoms with E-state index in [0.29, 0.717) is 13.2 Å². The minimum absolute atomic E-state index is 0.140. The maximum atomic E-state index is 14.8. The van der Waals surface area contributed by atoms with Gasteiger partial charge in [0.05, 0.1) is 24.4 Å². The van der Waals surface area contributed by atoms with Crippen LogP contribution in [0.1, 0.15) is 52.4 Å². The van der Waals surface area contributed by atoms with E-state index in [4.69, 9.17) is 14.2 Å². The van der Waals surface area contributed by atoms with Gasteiger partial charge in [0.15, 0.2) is 12.3 Å². The van der Waals surface area contributed by atoms with Gasteiger partial charge in [0.25, 0.3) is 0 Å². The molecule has 2 saturated carbocycles. The van der Waals surface area contributed by atoms with Crippen LogP contribution in [-0.2, 0) is 14.2 Å². The number of ether oxygens (including phenoxy) is 3. The van der Waals surface area contributed by atoms with Crippen LogP contribution >= 0.6 is 0 Å². The Hall–Kier alpha value is -0.260. The van der Waals surface area contributed by atoms with Crippen LogP contribution < -0.4 is 0 Å². The zero-order valence-corrected chi connectivity index (χ0v) is 14.3. The second-order valence-corrected chi connectivity index (χ2v) is 7.19. The fourth-order valence-corrected chi connectivity index (χ4v) is 4.65. The summed E-state index contributed by atoms with van der Waals surface area (Å²) in [6.07, 6.45) is 1.16. The molecule has 0 aromatic carbocycles. The van der Waals surface area contributed by atoms with Crippen molar-refractivity contribution in [2.75, 3.05) is 13.2 Å². The summed E-state index contributed by atoms with van der Waals surface area (Å²) in [5, 5.41) is 0. The van der Waals surface area contributed by atoms with Gasteiger partial charge in [0, 0.05) is 13.2 Å². The molecule has 134 valence electrons. The first kappa shape index (κ1) is 17.6. The topological polar surface area (TPSA) is 27.7 Å². The van der Waals surface area contributed by atoms with Gasteiger partial charge in [-0.15, -0.1) is 0 Å². The Morgan fingerprint density at radius 3 is 1.96 bits per heavy atom.